The van der Waals surface area contributed by atoms with Crippen LogP contribution in [0, 0.1) is 6.57 Å². The summed E-state index contributed by atoms with van der Waals surface area (Å²) in [5.74, 6) is -0.682. The van der Waals surface area contributed by atoms with Crippen molar-refractivity contribution in [1.82, 2.24) is 25.0 Å². The largest absolute Gasteiger partial charge is 0.371 e. The van der Waals surface area contributed by atoms with Gasteiger partial charge < -0.3 is 19.7 Å². The number of anilines is 1. The van der Waals surface area contributed by atoms with E-state index in [9.17, 15) is 19.2 Å². The molecule has 11 nitrogen and oxygen atoms in total. The smallest absolute Gasteiger partial charge is 0.255 e. The quantitative estimate of drug-likeness (QED) is 0.164. The number of imide groups is 1. The molecule has 0 radical (unpaired) electrons. The molecular weight excluding hydrogens is 715 g/mol. The minimum absolute atomic E-state index is 0.0682. The van der Waals surface area contributed by atoms with Crippen molar-refractivity contribution in [2.75, 3.05) is 50.7 Å². The molecule has 3 saturated heterocycles. The third-order valence-corrected chi connectivity index (χ3v) is 13.6. The molecular formula is C46H51N7O4. The highest BCUT2D eigenvalue weighted by atomic mass is 16.2. The Balaban J connectivity index is 0.796. The topological polar surface area (TPSA) is 113 Å². The van der Waals surface area contributed by atoms with Crippen LogP contribution >= 0.6 is 0 Å². The predicted molar refractivity (Wildman–Crippen MR) is 220 cm³/mol. The summed E-state index contributed by atoms with van der Waals surface area (Å²) in [4.78, 5) is 68.2. The summed E-state index contributed by atoms with van der Waals surface area (Å²) in [7, 11) is 0. The number of nitrogens with one attached hydrogen (secondary N) is 2. The molecule has 5 heterocycles. The average Bonchev–Trinajstić information content (AvgIpc) is 3.78. The van der Waals surface area contributed by atoms with Crippen molar-refractivity contribution in [2.24, 2.45) is 0 Å². The number of hydrogen-bond acceptors (Lipinski definition) is 7. The highest BCUT2D eigenvalue weighted by molar-refractivity contribution is 6.20. The van der Waals surface area contributed by atoms with Crippen LogP contribution in [0.4, 0.5) is 11.4 Å². The van der Waals surface area contributed by atoms with E-state index in [4.69, 9.17) is 6.57 Å². The zero-order valence-electron chi connectivity index (χ0n) is 33.2. The van der Waals surface area contributed by atoms with Gasteiger partial charge in [-0.1, -0.05) is 45.0 Å². The average molecular weight is 766 g/mol. The fraction of sp³-hybridized carbons (Fsp3) is 0.457. The van der Waals surface area contributed by atoms with E-state index in [1.54, 1.807) is 11.0 Å². The van der Waals surface area contributed by atoms with Crippen molar-refractivity contribution in [3.05, 3.63) is 105 Å². The molecule has 1 atom stereocenters. The first kappa shape index (κ1) is 37.3. The molecule has 3 amide bonds. The van der Waals surface area contributed by atoms with Crippen molar-refractivity contribution in [1.29, 1.82) is 0 Å². The molecule has 4 aliphatic heterocycles. The Hall–Kier alpha value is -5.31. The SMILES string of the molecule is [C-]#[N+]c1ccc2c3c([nH]c2c1)C(C)(C)c1cc(N2CCC(N4CCN(CCCc5cccc6c5CN(C5CCC(=O)NC5=O)C6=O)CC4)CC2)c(CC)cc1C3=O. The van der Waals surface area contributed by atoms with Gasteiger partial charge in [0.05, 0.1) is 12.1 Å². The molecule has 5 aliphatic rings. The van der Waals surface area contributed by atoms with Crippen molar-refractivity contribution in [3.63, 3.8) is 0 Å². The number of rotatable bonds is 8. The van der Waals surface area contributed by atoms with Gasteiger partial charge >= 0.3 is 0 Å². The molecule has 0 bridgehead atoms. The van der Waals surface area contributed by atoms with Crippen LogP contribution in [0.2, 0.25) is 0 Å². The number of piperidine rings is 2. The maximum Gasteiger partial charge on any atom is 0.255 e. The van der Waals surface area contributed by atoms with E-state index in [-0.39, 0.29) is 29.9 Å². The van der Waals surface area contributed by atoms with Crippen LogP contribution in [0.15, 0.2) is 48.5 Å². The van der Waals surface area contributed by atoms with Crippen LogP contribution in [0.3, 0.4) is 0 Å². The summed E-state index contributed by atoms with van der Waals surface area (Å²) < 4.78 is 0. The summed E-state index contributed by atoms with van der Waals surface area (Å²) in [6.45, 7) is 21.7. The predicted octanol–water partition coefficient (Wildman–Crippen LogP) is 6.13. The number of piperazine rings is 1. The summed E-state index contributed by atoms with van der Waals surface area (Å²) in [5.41, 5.74) is 9.94. The van der Waals surface area contributed by atoms with E-state index < -0.39 is 11.5 Å². The van der Waals surface area contributed by atoms with Gasteiger partial charge in [0.15, 0.2) is 11.5 Å². The van der Waals surface area contributed by atoms with Crippen LogP contribution < -0.4 is 10.2 Å². The van der Waals surface area contributed by atoms with Gasteiger partial charge in [-0.2, -0.15) is 0 Å². The van der Waals surface area contributed by atoms with Gasteiger partial charge in [0.1, 0.15) is 6.04 Å². The number of carbonyl (C=O) groups excluding carboxylic acids is 4. The Morgan fingerprint density at radius 3 is 2.42 bits per heavy atom. The van der Waals surface area contributed by atoms with Crippen molar-refractivity contribution < 1.29 is 19.2 Å². The van der Waals surface area contributed by atoms with E-state index in [2.05, 4.69) is 68.8 Å². The fourth-order valence-electron chi connectivity index (χ4n) is 10.3. The Morgan fingerprint density at radius 2 is 1.68 bits per heavy atom. The van der Waals surface area contributed by atoms with Gasteiger partial charge in [-0.25, -0.2) is 4.85 Å². The zero-order valence-corrected chi connectivity index (χ0v) is 33.2. The molecule has 9 rings (SSSR count). The number of aromatic amines is 1. The lowest BCUT2D eigenvalue weighted by atomic mass is 9.70. The summed E-state index contributed by atoms with van der Waals surface area (Å²) >= 11 is 0. The number of nitrogens with zero attached hydrogens (tertiary/aromatic N) is 5. The van der Waals surface area contributed by atoms with E-state index in [0.29, 0.717) is 30.3 Å². The second-order valence-corrected chi connectivity index (χ2v) is 17.1. The van der Waals surface area contributed by atoms with E-state index >= 15 is 0 Å². The number of aryl methyl sites for hydroxylation is 2. The van der Waals surface area contributed by atoms with E-state index in [0.717, 1.165) is 117 Å². The maximum absolute atomic E-state index is 14.1. The van der Waals surface area contributed by atoms with Crippen molar-refractivity contribution in [2.45, 2.75) is 89.8 Å². The number of carbonyl (C=O) groups is 4. The number of amides is 3. The highest BCUT2D eigenvalue weighted by Gasteiger charge is 2.42. The van der Waals surface area contributed by atoms with Crippen LogP contribution in [-0.2, 0) is 34.4 Å². The normalized spacial score (nSPS) is 21.4. The Labute approximate surface area is 334 Å². The fourth-order valence-corrected chi connectivity index (χ4v) is 10.3. The molecule has 1 unspecified atom stereocenters. The van der Waals surface area contributed by atoms with Crippen LogP contribution in [0.5, 0.6) is 0 Å². The second kappa shape index (κ2) is 14.6. The molecule has 3 aromatic carbocycles. The Kier molecular flexibility index (Phi) is 9.53. The Bertz CT molecular complexity index is 2360. The van der Waals surface area contributed by atoms with Gasteiger partial charge in [0.2, 0.25) is 11.8 Å². The lowest BCUT2D eigenvalue weighted by Crippen LogP contribution is -2.53. The summed E-state index contributed by atoms with van der Waals surface area (Å²) in [6, 6.07) is 15.9. The lowest BCUT2D eigenvalue weighted by Gasteiger charge is -2.44. The minimum atomic E-state index is -0.589. The third-order valence-electron chi connectivity index (χ3n) is 13.6. The number of hydrogen-bond donors (Lipinski definition) is 2. The van der Waals surface area contributed by atoms with Gasteiger partial charge in [-0.05, 0) is 91.6 Å². The molecule has 11 heteroatoms. The molecule has 2 N–H and O–H groups in total. The number of ketones is 1. The van der Waals surface area contributed by atoms with Gasteiger partial charge in [0, 0.05) is 97.1 Å². The summed E-state index contributed by atoms with van der Waals surface area (Å²) in [5, 5.41) is 3.29. The zero-order chi connectivity index (χ0) is 39.6. The standard InChI is InChI=1S/C46H51N7O4/c1-5-28-24-34-36(46(2,3)43-41(42(34)55)33-12-11-30(47-4)25-37(33)48-43)26-39(28)52-18-15-31(16-19-52)51-22-20-50(21-23-51)17-7-9-29-8-6-10-32-35(29)27-53(45(32)57)38-13-14-40(54)49-44(38)56/h6,8,10-12,24-26,31,38,48H,5,7,9,13-23,27H2,1-3H3,(H,49,54,56). The molecule has 0 saturated carbocycles. The number of benzene rings is 3. The number of fused-ring (bicyclic) bond motifs is 5. The van der Waals surface area contributed by atoms with Crippen molar-refractivity contribution in [3.8, 4) is 0 Å². The minimum Gasteiger partial charge on any atom is -0.371 e. The van der Waals surface area contributed by atoms with Gasteiger partial charge in [-0.15, -0.1) is 0 Å². The molecule has 1 aliphatic carbocycles. The van der Waals surface area contributed by atoms with Crippen LogP contribution in [0.25, 0.3) is 15.7 Å². The second-order valence-electron chi connectivity index (χ2n) is 17.1. The molecule has 0 spiro atoms. The third kappa shape index (κ3) is 6.43. The van der Waals surface area contributed by atoms with E-state index in [1.165, 1.54) is 16.8 Å². The molecule has 1 aromatic heterocycles. The highest BCUT2D eigenvalue weighted by Crippen LogP contribution is 2.46. The number of aromatic nitrogens is 1. The maximum atomic E-state index is 14.1. The van der Waals surface area contributed by atoms with Gasteiger partial charge in [0.25, 0.3) is 5.91 Å². The van der Waals surface area contributed by atoms with Crippen molar-refractivity contribution >= 4 is 45.8 Å². The first-order chi connectivity index (χ1) is 27.5. The molecule has 3 fully saturated rings. The summed E-state index contributed by atoms with van der Waals surface area (Å²) in [6.07, 6.45) is 5.63. The van der Waals surface area contributed by atoms with Crippen LogP contribution in [-0.4, -0.2) is 101 Å². The monoisotopic (exact) mass is 765 g/mol. The molecule has 294 valence electrons. The van der Waals surface area contributed by atoms with E-state index in [1.807, 2.05) is 24.3 Å². The Morgan fingerprint density at radius 1 is 0.895 bits per heavy atom. The first-order valence-corrected chi connectivity index (χ1v) is 20.8. The first-order valence-electron chi connectivity index (χ1n) is 20.8. The van der Waals surface area contributed by atoms with Gasteiger partial charge in [-0.3, -0.25) is 29.4 Å². The lowest BCUT2D eigenvalue weighted by molar-refractivity contribution is -0.136. The number of H-pyrrole nitrogens is 1. The molecule has 57 heavy (non-hydrogen) atoms. The van der Waals surface area contributed by atoms with Crippen LogP contribution in [0.1, 0.15) is 107 Å². The molecule has 4 aromatic rings.